The first-order valence-electron chi connectivity index (χ1n) is 8.20. The number of rotatable bonds is 3. The minimum atomic E-state index is -0.118. The topological polar surface area (TPSA) is 20.2 Å². The second-order valence-corrected chi connectivity index (χ2v) is 6.92. The summed E-state index contributed by atoms with van der Waals surface area (Å²) in [5.41, 5.74) is 1.37. The quantitative estimate of drug-likeness (QED) is 0.731. The zero-order valence-electron chi connectivity index (χ0n) is 11.6. The van der Waals surface area contributed by atoms with E-state index in [1.165, 1.54) is 63.4 Å². The second kappa shape index (κ2) is 5.77. The molecule has 0 saturated heterocycles. The van der Waals surface area contributed by atoms with Gasteiger partial charge in [-0.3, -0.25) is 0 Å². The minimum Gasteiger partial charge on any atom is -0.389 e. The van der Waals surface area contributed by atoms with Crippen molar-refractivity contribution in [3.05, 3.63) is 11.6 Å². The Bertz CT molecular complexity index is 307. The lowest BCUT2D eigenvalue weighted by Crippen LogP contribution is -2.20. The van der Waals surface area contributed by atoms with Crippen molar-refractivity contribution in [3.8, 4) is 0 Å². The van der Waals surface area contributed by atoms with E-state index in [0.717, 1.165) is 30.6 Å². The van der Waals surface area contributed by atoms with E-state index < -0.39 is 0 Å². The van der Waals surface area contributed by atoms with Gasteiger partial charge >= 0.3 is 0 Å². The van der Waals surface area contributed by atoms with Crippen LogP contribution in [0.5, 0.6) is 0 Å². The predicted molar refractivity (Wildman–Crippen MR) is 75.3 cm³/mol. The molecule has 0 radical (unpaired) electrons. The number of aliphatic hydroxyl groups excluding tert-OH is 1. The number of allylic oxidation sites excluding steroid dienone is 1. The van der Waals surface area contributed by atoms with E-state index >= 15 is 0 Å². The van der Waals surface area contributed by atoms with Crippen LogP contribution in [0.15, 0.2) is 11.6 Å². The molecule has 0 amide bonds. The van der Waals surface area contributed by atoms with Crippen molar-refractivity contribution in [1.29, 1.82) is 0 Å². The highest BCUT2D eigenvalue weighted by atomic mass is 16.3. The number of aliphatic hydroxyl groups is 1. The van der Waals surface area contributed by atoms with Gasteiger partial charge in [0.1, 0.15) is 0 Å². The fraction of sp³-hybridized carbons (Fsp3) is 0.882. The second-order valence-electron chi connectivity index (χ2n) is 6.92. The fourth-order valence-corrected chi connectivity index (χ4v) is 4.62. The molecule has 2 bridgehead atoms. The molecule has 3 aliphatic rings. The highest BCUT2D eigenvalue weighted by Gasteiger charge is 2.40. The van der Waals surface area contributed by atoms with E-state index in [4.69, 9.17) is 0 Å². The maximum absolute atomic E-state index is 10.5. The molecule has 4 unspecified atom stereocenters. The summed E-state index contributed by atoms with van der Waals surface area (Å²) in [4.78, 5) is 0. The number of fused-ring (bicyclic) bond motifs is 2. The average Bonchev–Trinajstić information content (AvgIpc) is 2.90. The van der Waals surface area contributed by atoms with Gasteiger partial charge in [0, 0.05) is 0 Å². The Labute approximate surface area is 112 Å². The lowest BCUT2D eigenvalue weighted by Gasteiger charge is -2.26. The largest absolute Gasteiger partial charge is 0.389 e. The minimum absolute atomic E-state index is 0.118. The van der Waals surface area contributed by atoms with Crippen LogP contribution < -0.4 is 0 Å². The molecule has 18 heavy (non-hydrogen) atoms. The van der Waals surface area contributed by atoms with E-state index in [-0.39, 0.29) is 6.10 Å². The van der Waals surface area contributed by atoms with Gasteiger partial charge in [-0.15, -0.1) is 0 Å². The van der Waals surface area contributed by atoms with Gasteiger partial charge in [-0.1, -0.05) is 25.3 Å². The van der Waals surface area contributed by atoms with Crippen molar-refractivity contribution in [2.45, 2.75) is 76.7 Å². The van der Waals surface area contributed by atoms with Crippen molar-refractivity contribution in [2.75, 3.05) is 0 Å². The third kappa shape index (κ3) is 2.82. The smallest absolute Gasteiger partial charge is 0.0752 e. The Kier molecular flexibility index (Phi) is 4.08. The van der Waals surface area contributed by atoms with Crippen LogP contribution in [0.4, 0.5) is 0 Å². The van der Waals surface area contributed by atoms with Crippen molar-refractivity contribution in [1.82, 2.24) is 0 Å². The van der Waals surface area contributed by atoms with Gasteiger partial charge < -0.3 is 5.11 Å². The Morgan fingerprint density at radius 2 is 2.00 bits per heavy atom. The molecule has 1 heteroatoms. The summed E-state index contributed by atoms with van der Waals surface area (Å²) in [6.45, 7) is 0. The zero-order chi connectivity index (χ0) is 12.4. The highest BCUT2D eigenvalue weighted by molar-refractivity contribution is 5.10. The van der Waals surface area contributed by atoms with E-state index in [9.17, 15) is 5.11 Å². The van der Waals surface area contributed by atoms with Gasteiger partial charge in [0.05, 0.1) is 6.10 Å². The Morgan fingerprint density at radius 3 is 2.78 bits per heavy atom. The van der Waals surface area contributed by atoms with E-state index in [1.54, 1.807) is 0 Å². The molecule has 102 valence electrons. The van der Waals surface area contributed by atoms with E-state index in [0.29, 0.717) is 0 Å². The van der Waals surface area contributed by atoms with Crippen LogP contribution in [0.3, 0.4) is 0 Å². The first-order valence-corrected chi connectivity index (χ1v) is 8.20. The van der Waals surface area contributed by atoms with Crippen molar-refractivity contribution >= 4 is 0 Å². The fourth-order valence-electron chi connectivity index (χ4n) is 4.62. The highest BCUT2D eigenvalue weighted by Crippen LogP contribution is 2.50. The SMILES string of the molecule is OC(CC1CC2CCC1C2)C1=CCCCCCC1. The van der Waals surface area contributed by atoms with Gasteiger partial charge in [0.25, 0.3) is 0 Å². The molecule has 2 saturated carbocycles. The first kappa shape index (κ1) is 12.7. The van der Waals surface area contributed by atoms with E-state index in [2.05, 4.69) is 6.08 Å². The van der Waals surface area contributed by atoms with Crippen LogP contribution in [0.1, 0.15) is 70.6 Å². The molecule has 1 N–H and O–H groups in total. The third-order valence-electron chi connectivity index (χ3n) is 5.66. The summed E-state index contributed by atoms with van der Waals surface area (Å²) in [6.07, 6.45) is 16.8. The molecule has 2 fully saturated rings. The third-order valence-corrected chi connectivity index (χ3v) is 5.66. The molecule has 0 heterocycles. The van der Waals surface area contributed by atoms with Crippen LogP contribution in [0.2, 0.25) is 0 Å². The lowest BCUT2D eigenvalue weighted by atomic mass is 9.82. The van der Waals surface area contributed by atoms with Crippen LogP contribution in [0, 0.1) is 17.8 Å². The first-order chi connectivity index (χ1) is 8.83. The Hall–Kier alpha value is -0.300. The zero-order valence-corrected chi connectivity index (χ0v) is 11.6. The summed E-state index contributed by atoms with van der Waals surface area (Å²) in [5.74, 6) is 2.81. The molecule has 3 rings (SSSR count). The molecule has 0 spiro atoms. The van der Waals surface area contributed by atoms with Gasteiger partial charge in [0.15, 0.2) is 0 Å². The number of hydrogen-bond donors (Lipinski definition) is 1. The van der Waals surface area contributed by atoms with Gasteiger partial charge in [-0.2, -0.15) is 0 Å². The molecule has 0 aromatic heterocycles. The molecule has 3 aliphatic carbocycles. The molecule has 0 aromatic carbocycles. The van der Waals surface area contributed by atoms with Crippen LogP contribution >= 0.6 is 0 Å². The molecular weight excluding hydrogens is 220 g/mol. The molecule has 4 atom stereocenters. The number of hydrogen-bond acceptors (Lipinski definition) is 1. The molecule has 0 aliphatic heterocycles. The lowest BCUT2D eigenvalue weighted by molar-refractivity contribution is 0.149. The van der Waals surface area contributed by atoms with Crippen LogP contribution in [-0.4, -0.2) is 11.2 Å². The molecule has 1 nitrogen and oxygen atoms in total. The Balaban J connectivity index is 1.55. The average molecular weight is 248 g/mol. The van der Waals surface area contributed by atoms with Crippen molar-refractivity contribution in [2.24, 2.45) is 17.8 Å². The van der Waals surface area contributed by atoms with Crippen molar-refractivity contribution in [3.63, 3.8) is 0 Å². The van der Waals surface area contributed by atoms with Crippen LogP contribution in [-0.2, 0) is 0 Å². The normalized spacial score (nSPS) is 38.1. The van der Waals surface area contributed by atoms with Crippen molar-refractivity contribution < 1.29 is 5.11 Å². The maximum atomic E-state index is 10.5. The summed E-state index contributed by atoms with van der Waals surface area (Å²) in [5, 5.41) is 10.5. The van der Waals surface area contributed by atoms with Gasteiger partial charge in [-0.05, 0) is 74.7 Å². The van der Waals surface area contributed by atoms with E-state index in [1.807, 2.05) is 0 Å². The summed E-state index contributed by atoms with van der Waals surface area (Å²) >= 11 is 0. The predicted octanol–water partition coefficient (Wildman–Crippen LogP) is 4.45. The van der Waals surface area contributed by atoms with Gasteiger partial charge in [-0.25, -0.2) is 0 Å². The molecular formula is C17H28O. The monoisotopic (exact) mass is 248 g/mol. The summed E-state index contributed by atoms with van der Waals surface area (Å²) < 4.78 is 0. The summed E-state index contributed by atoms with van der Waals surface area (Å²) in [6, 6.07) is 0. The summed E-state index contributed by atoms with van der Waals surface area (Å²) in [7, 11) is 0. The van der Waals surface area contributed by atoms with Crippen LogP contribution in [0.25, 0.3) is 0 Å². The standard InChI is InChI=1S/C17H28O/c18-17(14-6-4-2-1-3-5-7-14)12-16-11-13-8-9-15(16)10-13/h6,13,15-18H,1-5,7-12H2. The molecule has 0 aromatic rings. The van der Waals surface area contributed by atoms with Gasteiger partial charge in [0.2, 0.25) is 0 Å². The maximum Gasteiger partial charge on any atom is 0.0752 e. The Morgan fingerprint density at radius 1 is 1.11 bits per heavy atom.